The predicted molar refractivity (Wildman–Crippen MR) is 74.5 cm³/mol. The summed E-state index contributed by atoms with van der Waals surface area (Å²) in [6, 6.07) is 13.5. The van der Waals surface area contributed by atoms with Gasteiger partial charge in [0.15, 0.2) is 0 Å². The fraction of sp³-hybridized carbons (Fsp3) is 0.200. The molecule has 0 spiro atoms. The van der Waals surface area contributed by atoms with Crippen LogP contribution < -0.4 is 5.32 Å². The lowest BCUT2D eigenvalue weighted by Crippen LogP contribution is -2.21. The lowest BCUT2D eigenvalue weighted by Gasteiger charge is -2.13. The van der Waals surface area contributed by atoms with E-state index in [-0.39, 0.29) is 5.82 Å². The van der Waals surface area contributed by atoms with Gasteiger partial charge in [0.1, 0.15) is 5.82 Å². The van der Waals surface area contributed by atoms with Crippen LogP contribution in [0.4, 0.5) is 4.39 Å². The van der Waals surface area contributed by atoms with Gasteiger partial charge in [0.2, 0.25) is 0 Å². The van der Waals surface area contributed by atoms with E-state index in [0.717, 1.165) is 5.56 Å². The quantitative estimate of drug-likeness (QED) is 0.880. The highest BCUT2D eigenvalue weighted by atomic mass is 35.5. The molecule has 0 aliphatic carbocycles. The van der Waals surface area contributed by atoms with Crippen LogP contribution in [-0.4, -0.2) is 11.7 Å². The van der Waals surface area contributed by atoms with Gasteiger partial charge in [-0.3, -0.25) is 0 Å². The minimum absolute atomic E-state index is 0.250. The maximum Gasteiger partial charge on any atom is 0.123 e. The van der Waals surface area contributed by atoms with Crippen LogP contribution >= 0.6 is 11.6 Å². The largest absolute Gasteiger partial charge is 0.387 e. The smallest absolute Gasteiger partial charge is 0.123 e. The number of hydrogen-bond donors (Lipinski definition) is 2. The highest BCUT2D eigenvalue weighted by molar-refractivity contribution is 6.31. The van der Waals surface area contributed by atoms with Crippen molar-refractivity contribution in [3.05, 3.63) is 70.5 Å². The van der Waals surface area contributed by atoms with E-state index >= 15 is 0 Å². The van der Waals surface area contributed by atoms with Gasteiger partial charge in [-0.1, -0.05) is 41.9 Å². The zero-order chi connectivity index (χ0) is 13.7. The molecule has 0 aliphatic heterocycles. The summed E-state index contributed by atoms with van der Waals surface area (Å²) in [5.74, 6) is -0.250. The normalized spacial score (nSPS) is 12.4. The summed E-state index contributed by atoms with van der Waals surface area (Å²) in [4.78, 5) is 0. The topological polar surface area (TPSA) is 32.3 Å². The lowest BCUT2D eigenvalue weighted by atomic mass is 10.1. The molecule has 1 atom stereocenters. The van der Waals surface area contributed by atoms with Crippen molar-refractivity contribution in [1.82, 2.24) is 5.32 Å². The lowest BCUT2D eigenvalue weighted by molar-refractivity contribution is 0.174. The molecule has 100 valence electrons. The Bertz CT molecular complexity index is 530. The number of rotatable bonds is 5. The second-order valence-corrected chi connectivity index (χ2v) is 4.70. The highest BCUT2D eigenvalue weighted by Gasteiger charge is 2.10. The van der Waals surface area contributed by atoms with Crippen LogP contribution in [0.25, 0.3) is 0 Å². The van der Waals surface area contributed by atoms with Crippen molar-refractivity contribution in [3.8, 4) is 0 Å². The van der Waals surface area contributed by atoms with Gasteiger partial charge in [-0.05, 0) is 23.8 Å². The molecule has 0 radical (unpaired) electrons. The van der Waals surface area contributed by atoms with Crippen molar-refractivity contribution >= 4 is 11.6 Å². The molecule has 0 saturated heterocycles. The Hall–Kier alpha value is -1.42. The fourth-order valence-corrected chi connectivity index (χ4v) is 2.07. The number of aliphatic hydroxyl groups excluding tert-OH is 1. The van der Waals surface area contributed by atoms with Gasteiger partial charge in [-0.15, -0.1) is 0 Å². The van der Waals surface area contributed by atoms with Crippen LogP contribution in [0.1, 0.15) is 17.2 Å². The Balaban J connectivity index is 1.86. The summed E-state index contributed by atoms with van der Waals surface area (Å²) in [7, 11) is 0. The highest BCUT2D eigenvalue weighted by Crippen LogP contribution is 2.21. The Kier molecular flexibility index (Phi) is 4.91. The van der Waals surface area contributed by atoms with Crippen molar-refractivity contribution in [2.24, 2.45) is 0 Å². The Morgan fingerprint density at radius 1 is 1.11 bits per heavy atom. The monoisotopic (exact) mass is 279 g/mol. The number of aliphatic hydroxyl groups is 1. The Labute approximate surface area is 116 Å². The Morgan fingerprint density at radius 2 is 1.79 bits per heavy atom. The van der Waals surface area contributed by atoms with E-state index < -0.39 is 6.10 Å². The van der Waals surface area contributed by atoms with Gasteiger partial charge >= 0.3 is 0 Å². The molecule has 2 aromatic rings. The maximum absolute atomic E-state index is 12.7. The van der Waals surface area contributed by atoms with E-state index in [1.807, 2.05) is 12.1 Å². The zero-order valence-corrected chi connectivity index (χ0v) is 11.1. The molecule has 2 N–H and O–H groups in total. The first-order valence-electron chi connectivity index (χ1n) is 6.04. The number of benzene rings is 2. The van der Waals surface area contributed by atoms with Crippen LogP contribution in [-0.2, 0) is 6.54 Å². The number of halogens is 2. The number of hydrogen-bond acceptors (Lipinski definition) is 2. The molecule has 2 aromatic carbocycles. The van der Waals surface area contributed by atoms with Crippen molar-refractivity contribution in [3.63, 3.8) is 0 Å². The summed E-state index contributed by atoms with van der Waals surface area (Å²) >= 11 is 6.00. The third kappa shape index (κ3) is 4.03. The summed E-state index contributed by atoms with van der Waals surface area (Å²) < 4.78 is 12.7. The molecule has 0 amide bonds. The minimum Gasteiger partial charge on any atom is -0.387 e. The van der Waals surface area contributed by atoms with E-state index in [2.05, 4.69) is 5.32 Å². The van der Waals surface area contributed by atoms with E-state index in [1.165, 1.54) is 12.1 Å². The first-order valence-corrected chi connectivity index (χ1v) is 6.42. The molecule has 19 heavy (non-hydrogen) atoms. The molecule has 0 bridgehead atoms. The molecule has 0 heterocycles. The minimum atomic E-state index is -0.658. The van der Waals surface area contributed by atoms with E-state index in [1.54, 1.807) is 24.3 Å². The van der Waals surface area contributed by atoms with E-state index in [0.29, 0.717) is 23.7 Å². The predicted octanol–water partition coefficient (Wildman–Crippen LogP) is 3.30. The first kappa shape index (κ1) is 14.0. The molecule has 0 fully saturated rings. The van der Waals surface area contributed by atoms with Crippen LogP contribution in [0.5, 0.6) is 0 Å². The van der Waals surface area contributed by atoms with Crippen molar-refractivity contribution in [2.45, 2.75) is 12.6 Å². The van der Waals surface area contributed by atoms with Crippen LogP contribution in [0.15, 0.2) is 48.5 Å². The van der Waals surface area contributed by atoms with E-state index in [9.17, 15) is 9.50 Å². The average Bonchev–Trinajstić information content (AvgIpc) is 2.41. The van der Waals surface area contributed by atoms with Gasteiger partial charge in [-0.25, -0.2) is 4.39 Å². The molecule has 0 saturated carbocycles. The summed E-state index contributed by atoms with van der Waals surface area (Å²) in [6.07, 6.45) is -0.658. The second kappa shape index (κ2) is 6.66. The molecule has 1 unspecified atom stereocenters. The third-order valence-corrected chi connectivity index (χ3v) is 3.19. The van der Waals surface area contributed by atoms with Crippen LogP contribution in [0.3, 0.4) is 0 Å². The van der Waals surface area contributed by atoms with Crippen molar-refractivity contribution in [2.75, 3.05) is 6.54 Å². The SMILES string of the molecule is OC(CNCc1ccc(F)cc1)c1ccccc1Cl. The molecule has 4 heteroatoms. The van der Waals surface area contributed by atoms with Gasteiger partial charge in [0, 0.05) is 23.7 Å². The fourth-order valence-electron chi connectivity index (χ4n) is 1.81. The summed E-state index contributed by atoms with van der Waals surface area (Å²) in [5.41, 5.74) is 1.67. The standard InChI is InChI=1S/C15H15ClFNO/c16-14-4-2-1-3-13(14)15(19)10-18-9-11-5-7-12(17)8-6-11/h1-8,15,18-19H,9-10H2. The molecule has 0 aliphatic rings. The van der Waals surface area contributed by atoms with Crippen molar-refractivity contribution in [1.29, 1.82) is 0 Å². The molecular formula is C15H15ClFNO. The van der Waals surface area contributed by atoms with Gasteiger partial charge < -0.3 is 10.4 Å². The molecular weight excluding hydrogens is 265 g/mol. The van der Waals surface area contributed by atoms with Crippen molar-refractivity contribution < 1.29 is 9.50 Å². The average molecular weight is 280 g/mol. The molecule has 0 aromatic heterocycles. The maximum atomic E-state index is 12.7. The molecule has 2 nitrogen and oxygen atoms in total. The third-order valence-electron chi connectivity index (χ3n) is 2.84. The summed E-state index contributed by atoms with van der Waals surface area (Å²) in [5, 5.41) is 13.7. The second-order valence-electron chi connectivity index (χ2n) is 4.29. The van der Waals surface area contributed by atoms with Crippen LogP contribution in [0.2, 0.25) is 5.02 Å². The van der Waals surface area contributed by atoms with Gasteiger partial charge in [0.05, 0.1) is 6.10 Å². The van der Waals surface area contributed by atoms with Gasteiger partial charge in [-0.2, -0.15) is 0 Å². The molecule has 2 rings (SSSR count). The van der Waals surface area contributed by atoms with Gasteiger partial charge in [0.25, 0.3) is 0 Å². The summed E-state index contributed by atoms with van der Waals surface area (Å²) in [6.45, 7) is 0.961. The first-order chi connectivity index (χ1) is 9.16. The Morgan fingerprint density at radius 3 is 2.47 bits per heavy atom. The van der Waals surface area contributed by atoms with E-state index in [4.69, 9.17) is 11.6 Å². The van der Waals surface area contributed by atoms with Crippen LogP contribution in [0, 0.1) is 5.82 Å². The zero-order valence-electron chi connectivity index (χ0n) is 10.3. The number of nitrogens with one attached hydrogen (secondary N) is 1.